The van der Waals surface area contributed by atoms with Crippen LogP contribution in [0.4, 0.5) is 4.39 Å². The monoisotopic (exact) mass is 306 g/mol. The maximum atomic E-state index is 13.5. The van der Waals surface area contributed by atoms with Crippen LogP contribution < -0.4 is 11.3 Å². The number of hydrogen-bond acceptors (Lipinski definition) is 3. The van der Waals surface area contributed by atoms with Crippen LogP contribution in [0.25, 0.3) is 0 Å². The van der Waals surface area contributed by atoms with E-state index in [1.54, 1.807) is 0 Å². The van der Waals surface area contributed by atoms with Crippen molar-refractivity contribution in [3.63, 3.8) is 0 Å². The number of halogens is 2. The SMILES string of the molecule is NNC(c1cc(F)ccc1Cl)C1OCCc2ccccc21. The molecule has 1 aliphatic heterocycles. The lowest BCUT2D eigenvalue weighted by atomic mass is 9.90. The molecule has 0 fully saturated rings. The van der Waals surface area contributed by atoms with E-state index in [1.807, 2.05) is 18.2 Å². The number of fused-ring (bicyclic) bond motifs is 1. The van der Waals surface area contributed by atoms with Gasteiger partial charge < -0.3 is 4.74 Å². The third-order valence-electron chi connectivity index (χ3n) is 3.81. The minimum absolute atomic E-state index is 0.292. The van der Waals surface area contributed by atoms with Gasteiger partial charge in [0.25, 0.3) is 0 Å². The van der Waals surface area contributed by atoms with E-state index in [0.717, 1.165) is 12.0 Å². The van der Waals surface area contributed by atoms with Crippen molar-refractivity contribution in [2.45, 2.75) is 18.6 Å². The van der Waals surface area contributed by atoms with Crippen LogP contribution in [-0.2, 0) is 11.2 Å². The lowest BCUT2D eigenvalue weighted by Crippen LogP contribution is -2.36. The maximum absolute atomic E-state index is 13.5. The van der Waals surface area contributed by atoms with Crippen molar-refractivity contribution < 1.29 is 9.13 Å². The Balaban J connectivity index is 2.03. The third-order valence-corrected chi connectivity index (χ3v) is 4.15. The fraction of sp³-hybridized carbons (Fsp3) is 0.250. The van der Waals surface area contributed by atoms with Gasteiger partial charge in [-0.15, -0.1) is 0 Å². The molecule has 3 N–H and O–H groups in total. The van der Waals surface area contributed by atoms with Gasteiger partial charge in [-0.1, -0.05) is 35.9 Å². The molecule has 3 rings (SSSR count). The molecule has 1 heterocycles. The molecule has 0 amide bonds. The predicted octanol–water partition coefficient (Wildman–Crippen LogP) is 3.30. The molecule has 1 aliphatic rings. The number of rotatable bonds is 3. The zero-order valence-corrected chi connectivity index (χ0v) is 12.1. The number of nitrogens with two attached hydrogens (primary N) is 1. The largest absolute Gasteiger partial charge is 0.371 e. The Morgan fingerprint density at radius 1 is 1.29 bits per heavy atom. The van der Waals surface area contributed by atoms with E-state index in [9.17, 15) is 4.39 Å². The number of nitrogens with one attached hydrogen (secondary N) is 1. The zero-order chi connectivity index (χ0) is 14.8. The second kappa shape index (κ2) is 6.12. The lowest BCUT2D eigenvalue weighted by molar-refractivity contribution is 0.0147. The van der Waals surface area contributed by atoms with Crippen LogP contribution in [0.2, 0.25) is 5.02 Å². The van der Waals surface area contributed by atoms with Crippen LogP contribution in [-0.4, -0.2) is 6.61 Å². The van der Waals surface area contributed by atoms with E-state index >= 15 is 0 Å². The maximum Gasteiger partial charge on any atom is 0.123 e. The van der Waals surface area contributed by atoms with Crippen LogP contribution >= 0.6 is 11.6 Å². The number of hydrogen-bond donors (Lipinski definition) is 2. The highest BCUT2D eigenvalue weighted by atomic mass is 35.5. The van der Waals surface area contributed by atoms with Gasteiger partial charge in [0.1, 0.15) is 11.9 Å². The summed E-state index contributed by atoms with van der Waals surface area (Å²) in [5, 5.41) is 0.464. The molecule has 2 unspecified atom stereocenters. The highest BCUT2D eigenvalue weighted by molar-refractivity contribution is 6.31. The molecule has 0 spiro atoms. The van der Waals surface area contributed by atoms with Crippen LogP contribution in [0.15, 0.2) is 42.5 Å². The van der Waals surface area contributed by atoms with Gasteiger partial charge in [-0.3, -0.25) is 5.84 Å². The Kier molecular flexibility index (Phi) is 4.22. The molecule has 0 aliphatic carbocycles. The minimum Gasteiger partial charge on any atom is -0.371 e. The van der Waals surface area contributed by atoms with Gasteiger partial charge in [-0.25, -0.2) is 9.82 Å². The summed E-state index contributed by atoms with van der Waals surface area (Å²) in [6.45, 7) is 0.604. The van der Waals surface area contributed by atoms with Crippen molar-refractivity contribution in [3.05, 3.63) is 70.0 Å². The molecule has 0 saturated carbocycles. The van der Waals surface area contributed by atoms with Gasteiger partial charge in [0.2, 0.25) is 0 Å². The number of hydrazine groups is 1. The average molecular weight is 307 g/mol. The molecule has 0 saturated heterocycles. The van der Waals surface area contributed by atoms with Crippen molar-refractivity contribution in [2.75, 3.05) is 6.61 Å². The second-order valence-electron chi connectivity index (χ2n) is 5.05. The molecule has 2 atom stereocenters. The first-order valence-corrected chi connectivity index (χ1v) is 7.19. The normalized spacial score (nSPS) is 19.1. The second-order valence-corrected chi connectivity index (χ2v) is 5.46. The molecule has 21 heavy (non-hydrogen) atoms. The lowest BCUT2D eigenvalue weighted by Gasteiger charge is -2.32. The highest BCUT2D eigenvalue weighted by Gasteiger charge is 2.30. The molecule has 3 nitrogen and oxygen atoms in total. The summed E-state index contributed by atoms with van der Waals surface area (Å²) < 4.78 is 19.4. The predicted molar refractivity (Wildman–Crippen MR) is 80.3 cm³/mol. The zero-order valence-electron chi connectivity index (χ0n) is 11.4. The van der Waals surface area contributed by atoms with Crippen molar-refractivity contribution in [3.8, 4) is 0 Å². The smallest absolute Gasteiger partial charge is 0.123 e. The molecule has 0 radical (unpaired) electrons. The van der Waals surface area contributed by atoms with Crippen LogP contribution in [0.1, 0.15) is 28.8 Å². The number of ether oxygens (including phenoxy) is 1. The standard InChI is InChI=1S/C16H16ClFN2O/c17-14-6-5-11(18)9-13(14)15(20-19)16-12-4-2-1-3-10(12)7-8-21-16/h1-6,9,15-16,20H,7-8,19H2. The highest BCUT2D eigenvalue weighted by Crippen LogP contribution is 2.38. The molecule has 2 aromatic carbocycles. The topological polar surface area (TPSA) is 47.3 Å². The average Bonchev–Trinajstić information content (AvgIpc) is 2.51. The molecule has 0 bridgehead atoms. The Morgan fingerprint density at radius 2 is 2.10 bits per heavy atom. The fourth-order valence-electron chi connectivity index (χ4n) is 2.79. The minimum atomic E-state index is -0.408. The van der Waals surface area contributed by atoms with E-state index in [4.69, 9.17) is 22.2 Å². The van der Waals surface area contributed by atoms with Crippen molar-refractivity contribution in [1.82, 2.24) is 5.43 Å². The van der Waals surface area contributed by atoms with Crippen LogP contribution in [0, 0.1) is 5.82 Å². The summed E-state index contributed by atoms with van der Waals surface area (Å²) in [5.74, 6) is 5.35. The van der Waals surface area contributed by atoms with Crippen molar-refractivity contribution in [2.24, 2.45) is 5.84 Å². The molecule has 5 heteroatoms. The third kappa shape index (κ3) is 2.80. The Hall–Kier alpha value is -1.46. The molecular weight excluding hydrogens is 291 g/mol. The van der Waals surface area contributed by atoms with E-state index in [2.05, 4.69) is 11.5 Å². The summed E-state index contributed by atoms with van der Waals surface area (Å²) >= 11 is 6.20. The van der Waals surface area contributed by atoms with Gasteiger partial charge in [-0.05, 0) is 41.3 Å². The van der Waals surface area contributed by atoms with Crippen molar-refractivity contribution in [1.29, 1.82) is 0 Å². The van der Waals surface area contributed by atoms with Crippen LogP contribution in [0.5, 0.6) is 0 Å². The van der Waals surface area contributed by atoms with Gasteiger partial charge in [0.05, 0.1) is 12.6 Å². The van der Waals surface area contributed by atoms with E-state index in [-0.39, 0.29) is 11.9 Å². The summed E-state index contributed by atoms with van der Waals surface area (Å²) in [5.41, 5.74) is 5.60. The molecule has 110 valence electrons. The van der Waals surface area contributed by atoms with Gasteiger partial charge >= 0.3 is 0 Å². The first kappa shape index (κ1) is 14.5. The quantitative estimate of drug-likeness (QED) is 0.675. The first-order chi connectivity index (χ1) is 10.2. The molecule has 0 aromatic heterocycles. The summed E-state index contributed by atoms with van der Waals surface area (Å²) in [7, 11) is 0. The summed E-state index contributed by atoms with van der Waals surface area (Å²) in [6, 6.07) is 11.9. The van der Waals surface area contributed by atoms with Gasteiger partial charge in [0.15, 0.2) is 0 Å². The van der Waals surface area contributed by atoms with Gasteiger partial charge in [-0.2, -0.15) is 0 Å². The summed E-state index contributed by atoms with van der Waals surface area (Å²) in [4.78, 5) is 0. The van der Waals surface area contributed by atoms with E-state index in [1.165, 1.54) is 23.8 Å². The van der Waals surface area contributed by atoms with E-state index < -0.39 is 6.04 Å². The Labute approximate surface area is 127 Å². The van der Waals surface area contributed by atoms with Crippen LogP contribution in [0.3, 0.4) is 0 Å². The molecular formula is C16H16ClFN2O. The van der Waals surface area contributed by atoms with E-state index in [0.29, 0.717) is 17.2 Å². The number of benzene rings is 2. The Morgan fingerprint density at radius 3 is 2.90 bits per heavy atom. The fourth-order valence-corrected chi connectivity index (χ4v) is 3.03. The van der Waals surface area contributed by atoms with Crippen molar-refractivity contribution >= 4 is 11.6 Å². The van der Waals surface area contributed by atoms with Gasteiger partial charge in [0, 0.05) is 5.02 Å². The molecule has 2 aromatic rings. The first-order valence-electron chi connectivity index (χ1n) is 6.81. The Bertz CT molecular complexity index is 650. The summed E-state index contributed by atoms with van der Waals surface area (Å²) in [6.07, 6.45) is 0.570.